The molecule has 0 radical (unpaired) electrons. The average Bonchev–Trinajstić information content (AvgIpc) is 2.58. The molecule has 2 aromatic carbocycles. The second kappa shape index (κ2) is 8.15. The number of carbonyl (C=O) groups is 2. The predicted molar refractivity (Wildman–Crippen MR) is 94.0 cm³/mol. The van der Waals surface area contributed by atoms with Crippen LogP contribution in [-0.4, -0.2) is 25.5 Å². The van der Waals surface area contributed by atoms with Gasteiger partial charge in [-0.2, -0.15) is 0 Å². The van der Waals surface area contributed by atoms with E-state index in [9.17, 15) is 9.59 Å². The van der Waals surface area contributed by atoms with Crippen molar-refractivity contribution in [3.63, 3.8) is 0 Å². The van der Waals surface area contributed by atoms with Crippen molar-refractivity contribution < 1.29 is 14.3 Å². The van der Waals surface area contributed by atoms with Gasteiger partial charge in [0.1, 0.15) is 12.3 Å². The first-order valence-corrected chi connectivity index (χ1v) is 7.74. The Labute approximate surface area is 142 Å². The van der Waals surface area contributed by atoms with Crippen molar-refractivity contribution in [3.8, 4) is 5.75 Å². The van der Waals surface area contributed by atoms with Crippen molar-refractivity contribution in [2.24, 2.45) is 0 Å². The number of rotatable bonds is 6. The van der Waals surface area contributed by atoms with Crippen LogP contribution in [0.25, 0.3) is 0 Å². The van der Waals surface area contributed by atoms with E-state index in [1.807, 2.05) is 55.5 Å². The minimum atomic E-state index is -0.225. The Morgan fingerprint density at radius 2 is 1.75 bits per heavy atom. The normalized spacial score (nSPS) is 10.1. The van der Waals surface area contributed by atoms with Gasteiger partial charge in [0.25, 0.3) is 0 Å². The van der Waals surface area contributed by atoms with Crippen LogP contribution in [0, 0.1) is 6.92 Å². The molecule has 1 N–H and O–H groups in total. The van der Waals surface area contributed by atoms with E-state index < -0.39 is 0 Å². The highest BCUT2D eigenvalue weighted by molar-refractivity contribution is 5.97. The van der Waals surface area contributed by atoms with Crippen molar-refractivity contribution in [1.82, 2.24) is 5.32 Å². The van der Waals surface area contributed by atoms with Gasteiger partial charge in [-0.3, -0.25) is 9.59 Å². The van der Waals surface area contributed by atoms with Crippen LogP contribution < -0.4 is 15.0 Å². The van der Waals surface area contributed by atoms with Crippen molar-refractivity contribution in [3.05, 3.63) is 59.7 Å². The number of aryl methyl sites for hydroxylation is 1. The van der Waals surface area contributed by atoms with Crippen LogP contribution in [0.1, 0.15) is 18.1 Å². The summed E-state index contributed by atoms with van der Waals surface area (Å²) in [5.74, 6) is 0.322. The van der Waals surface area contributed by atoms with Crippen LogP contribution in [0.5, 0.6) is 5.75 Å². The van der Waals surface area contributed by atoms with E-state index in [4.69, 9.17) is 4.74 Å². The summed E-state index contributed by atoms with van der Waals surface area (Å²) in [5, 5.41) is 2.83. The van der Waals surface area contributed by atoms with E-state index in [-0.39, 0.29) is 18.4 Å². The fourth-order valence-corrected chi connectivity index (χ4v) is 2.35. The molecule has 2 rings (SSSR count). The summed E-state index contributed by atoms with van der Waals surface area (Å²) in [6.07, 6.45) is 0. The smallest absolute Gasteiger partial charge is 0.240 e. The third-order valence-electron chi connectivity index (χ3n) is 3.70. The lowest BCUT2D eigenvalue weighted by molar-refractivity contribution is -0.123. The third-order valence-corrected chi connectivity index (χ3v) is 3.70. The molecule has 126 valence electrons. The Morgan fingerprint density at radius 3 is 2.38 bits per heavy atom. The number of hydrogen-bond acceptors (Lipinski definition) is 3. The Kier molecular flexibility index (Phi) is 5.95. The quantitative estimate of drug-likeness (QED) is 0.888. The van der Waals surface area contributed by atoms with Gasteiger partial charge in [0.15, 0.2) is 0 Å². The largest absolute Gasteiger partial charge is 0.496 e. The van der Waals surface area contributed by atoms with E-state index in [0.717, 1.165) is 16.9 Å². The lowest BCUT2D eigenvalue weighted by Crippen LogP contribution is -2.39. The van der Waals surface area contributed by atoms with Crippen molar-refractivity contribution in [1.29, 1.82) is 0 Å². The van der Waals surface area contributed by atoms with E-state index in [1.165, 1.54) is 11.8 Å². The highest BCUT2D eigenvalue weighted by Crippen LogP contribution is 2.17. The molecular weight excluding hydrogens is 304 g/mol. The van der Waals surface area contributed by atoms with Gasteiger partial charge < -0.3 is 15.0 Å². The van der Waals surface area contributed by atoms with Crippen molar-refractivity contribution >= 4 is 17.5 Å². The summed E-state index contributed by atoms with van der Waals surface area (Å²) in [7, 11) is 1.59. The molecule has 0 saturated carbocycles. The SMILES string of the molecule is COc1ccccc1CNC(=O)CN(C(C)=O)c1ccc(C)cc1. The number of methoxy groups -OCH3 is 1. The molecule has 2 aromatic rings. The van der Waals surface area contributed by atoms with Crippen LogP contribution in [0.3, 0.4) is 0 Å². The van der Waals surface area contributed by atoms with Gasteiger partial charge in [-0.05, 0) is 25.1 Å². The first-order valence-electron chi connectivity index (χ1n) is 7.74. The van der Waals surface area contributed by atoms with Gasteiger partial charge in [-0.1, -0.05) is 35.9 Å². The fraction of sp³-hybridized carbons (Fsp3) is 0.263. The Morgan fingerprint density at radius 1 is 1.08 bits per heavy atom. The summed E-state index contributed by atoms with van der Waals surface area (Å²) in [5.41, 5.74) is 2.70. The van der Waals surface area contributed by atoms with Crippen LogP contribution >= 0.6 is 0 Å². The second-order valence-corrected chi connectivity index (χ2v) is 5.53. The summed E-state index contributed by atoms with van der Waals surface area (Å²) in [6, 6.07) is 15.0. The van der Waals surface area contributed by atoms with E-state index in [1.54, 1.807) is 7.11 Å². The molecule has 0 saturated heterocycles. The zero-order chi connectivity index (χ0) is 17.5. The number of hydrogen-bond donors (Lipinski definition) is 1. The predicted octanol–water partition coefficient (Wildman–Crippen LogP) is 2.67. The van der Waals surface area contributed by atoms with Crippen molar-refractivity contribution in [2.45, 2.75) is 20.4 Å². The molecule has 0 aromatic heterocycles. The Balaban J connectivity index is 2.01. The summed E-state index contributed by atoms with van der Waals surface area (Å²) >= 11 is 0. The van der Waals surface area contributed by atoms with Gasteiger partial charge in [0, 0.05) is 24.7 Å². The molecule has 0 spiro atoms. The monoisotopic (exact) mass is 326 g/mol. The van der Waals surface area contributed by atoms with E-state index in [0.29, 0.717) is 12.2 Å². The molecule has 0 fully saturated rings. The highest BCUT2D eigenvalue weighted by atomic mass is 16.5. The van der Waals surface area contributed by atoms with Gasteiger partial charge in [-0.25, -0.2) is 0 Å². The number of ether oxygens (including phenoxy) is 1. The molecule has 0 bridgehead atoms. The number of nitrogens with zero attached hydrogens (tertiary/aromatic N) is 1. The number of benzene rings is 2. The highest BCUT2D eigenvalue weighted by Gasteiger charge is 2.15. The van der Waals surface area contributed by atoms with Crippen LogP contribution in [0.15, 0.2) is 48.5 Å². The molecule has 2 amide bonds. The van der Waals surface area contributed by atoms with E-state index >= 15 is 0 Å². The van der Waals surface area contributed by atoms with Crippen molar-refractivity contribution in [2.75, 3.05) is 18.6 Å². The number of nitrogens with one attached hydrogen (secondary N) is 1. The lowest BCUT2D eigenvalue weighted by Gasteiger charge is -2.21. The first kappa shape index (κ1) is 17.5. The molecule has 0 aliphatic heterocycles. The first-order chi connectivity index (χ1) is 11.5. The number of carbonyl (C=O) groups excluding carboxylic acids is 2. The number of amides is 2. The molecule has 0 heterocycles. The van der Waals surface area contributed by atoms with Gasteiger partial charge in [0.05, 0.1) is 7.11 Å². The zero-order valence-corrected chi connectivity index (χ0v) is 14.2. The van der Waals surface area contributed by atoms with E-state index in [2.05, 4.69) is 5.32 Å². The Bertz CT molecular complexity index is 711. The minimum Gasteiger partial charge on any atom is -0.496 e. The summed E-state index contributed by atoms with van der Waals surface area (Å²) < 4.78 is 5.26. The van der Waals surface area contributed by atoms with Crippen LogP contribution in [0.4, 0.5) is 5.69 Å². The zero-order valence-electron chi connectivity index (χ0n) is 14.2. The van der Waals surface area contributed by atoms with Crippen LogP contribution in [-0.2, 0) is 16.1 Å². The molecular formula is C19H22N2O3. The molecule has 0 atom stereocenters. The molecule has 0 unspecified atom stereocenters. The maximum atomic E-state index is 12.2. The Hall–Kier alpha value is -2.82. The number of para-hydroxylation sites is 1. The molecule has 0 aliphatic carbocycles. The van der Waals surface area contributed by atoms with Gasteiger partial charge in [-0.15, -0.1) is 0 Å². The maximum absolute atomic E-state index is 12.2. The molecule has 5 heteroatoms. The standard InChI is InChI=1S/C19H22N2O3/c1-14-8-10-17(11-9-14)21(15(2)22)13-19(23)20-12-16-6-4-5-7-18(16)24-3/h4-11H,12-13H2,1-3H3,(H,20,23). The molecule has 5 nitrogen and oxygen atoms in total. The van der Waals surface area contributed by atoms with Gasteiger partial charge >= 0.3 is 0 Å². The summed E-state index contributed by atoms with van der Waals surface area (Å²) in [4.78, 5) is 25.5. The molecule has 24 heavy (non-hydrogen) atoms. The lowest BCUT2D eigenvalue weighted by atomic mass is 10.2. The maximum Gasteiger partial charge on any atom is 0.240 e. The average molecular weight is 326 g/mol. The summed E-state index contributed by atoms with van der Waals surface area (Å²) in [6.45, 7) is 3.76. The second-order valence-electron chi connectivity index (χ2n) is 5.53. The van der Waals surface area contributed by atoms with Crippen LogP contribution in [0.2, 0.25) is 0 Å². The number of anilines is 1. The molecule has 0 aliphatic rings. The fourth-order valence-electron chi connectivity index (χ4n) is 2.35. The topological polar surface area (TPSA) is 58.6 Å². The third kappa shape index (κ3) is 4.59. The van der Waals surface area contributed by atoms with Gasteiger partial charge in [0.2, 0.25) is 11.8 Å². The minimum absolute atomic E-state index is 0.0203.